The van der Waals surface area contributed by atoms with Crippen LogP contribution in [0, 0.1) is 0 Å². The number of rotatable bonds is 7. The van der Waals surface area contributed by atoms with Crippen LogP contribution in [0.4, 0.5) is 23.0 Å². The van der Waals surface area contributed by atoms with Gasteiger partial charge in [-0.1, -0.05) is 0 Å². The van der Waals surface area contributed by atoms with Crippen LogP contribution >= 0.6 is 0 Å². The van der Waals surface area contributed by atoms with E-state index in [0.29, 0.717) is 0 Å². The molecule has 0 aliphatic carbocycles. The fourth-order valence-corrected chi connectivity index (χ4v) is 1.89. The zero-order chi connectivity index (χ0) is 15.9. The van der Waals surface area contributed by atoms with Gasteiger partial charge in [0.15, 0.2) is 0 Å². The second-order valence-electron chi connectivity index (χ2n) is 5.45. The van der Waals surface area contributed by atoms with Crippen molar-refractivity contribution in [3.63, 3.8) is 0 Å². The highest BCUT2D eigenvalue weighted by Gasteiger charge is 1.99. The number of aromatic nitrogens is 2. The van der Waals surface area contributed by atoms with Crippen molar-refractivity contribution >= 4 is 23.0 Å². The standard InChI is InChI=1S/C16H24N6/c1-21(2)13-5-7-15(19-11-13)17-9-10-18-16-8-6-14(12-20-16)22(3)4/h5-8,11-12H,9-10H2,1-4H3,(H,17,19)(H,18,20). The average molecular weight is 300 g/mol. The molecule has 2 heterocycles. The second-order valence-corrected chi connectivity index (χ2v) is 5.45. The van der Waals surface area contributed by atoms with Gasteiger partial charge in [0.25, 0.3) is 0 Å². The van der Waals surface area contributed by atoms with Crippen molar-refractivity contribution in [1.82, 2.24) is 9.97 Å². The molecule has 22 heavy (non-hydrogen) atoms. The molecule has 0 bridgehead atoms. The van der Waals surface area contributed by atoms with Gasteiger partial charge in [0.05, 0.1) is 23.8 Å². The Labute approximate surface area is 132 Å². The van der Waals surface area contributed by atoms with Crippen molar-refractivity contribution in [1.29, 1.82) is 0 Å². The van der Waals surface area contributed by atoms with E-state index < -0.39 is 0 Å². The summed E-state index contributed by atoms with van der Waals surface area (Å²) in [6, 6.07) is 8.06. The van der Waals surface area contributed by atoms with Gasteiger partial charge in [-0.2, -0.15) is 0 Å². The summed E-state index contributed by atoms with van der Waals surface area (Å²) in [5, 5.41) is 6.57. The smallest absolute Gasteiger partial charge is 0.126 e. The first-order valence-corrected chi connectivity index (χ1v) is 7.31. The SMILES string of the molecule is CN(C)c1ccc(NCCNc2ccc(N(C)C)cn2)nc1. The largest absolute Gasteiger partial charge is 0.376 e. The molecular formula is C16H24N6. The van der Waals surface area contributed by atoms with Crippen molar-refractivity contribution in [2.75, 3.05) is 61.7 Å². The molecule has 2 rings (SSSR count). The monoisotopic (exact) mass is 300 g/mol. The zero-order valence-electron chi connectivity index (χ0n) is 13.7. The second kappa shape index (κ2) is 7.49. The van der Waals surface area contributed by atoms with E-state index in [1.54, 1.807) is 0 Å². The van der Waals surface area contributed by atoms with Crippen molar-refractivity contribution in [3.05, 3.63) is 36.7 Å². The van der Waals surface area contributed by atoms with Crippen molar-refractivity contribution < 1.29 is 0 Å². The van der Waals surface area contributed by atoms with Crippen molar-refractivity contribution in [2.24, 2.45) is 0 Å². The predicted octanol–water partition coefficient (Wildman–Crippen LogP) is 2.13. The van der Waals surface area contributed by atoms with E-state index in [9.17, 15) is 0 Å². The minimum Gasteiger partial charge on any atom is -0.376 e. The van der Waals surface area contributed by atoms with Gasteiger partial charge in [-0.25, -0.2) is 9.97 Å². The molecule has 0 fully saturated rings. The Morgan fingerprint density at radius 1 is 0.727 bits per heavy atom. The van der Waals surface area contributed by atoms with Crippen LogP contribution in [0.25, 0.3) is 0 Å². The summed E-state index contributed by atoms with van der Waals surface area (Å²) in [6.07, 6.45) is 3.72. The van der Waals surface area contributed by atoms with Crippen LogP contribution in [-0.2, 0) is 0 Å². The minimum absolute atomic E-state index is 0.783. The number of nitrogens with one attached hydrogen (secondary N) is 2. The molecule has 6 heteroatoms. The van der Waals surface area contributed by atoms with Crippen LogP contribution < -0.4 is 20.4 Å². The Hall–Kier alpha value is -2.50. The molecule has 118 valence electrons. The molecule has 0 saturated heterocycles. The topological polar surface area (TPSA) is 56.3 Å². The maximum absolute atomic E-state index is 4.37. The van der Waals surface area contributed by atoms with Gasteiger partial charge in [-0.3, -0.25) is 0 Å². The first-order chi connectivity index (χ1) is 10.6. The lowest BCUT2D eigenvalue weighted by Crippen LogP contribution is -2.15. The lowest BCUT2D eigenvalue weighted by Gasteiger charge is -2.13. The fraction of sp³-hybridized carbons (Fsp3) is 0.375. The Morgan fingerprint density at radius 2 is 1.14 bits per heavy atom. The Balaban J connectivity index is 1.74. The van der Waals surface area contributed by atoms with Crippen LogP contribution in [0.3, 0.4) is 0 Å². The number of hydrogen-bond donors (Lipinski definition) is 2. The van der Waals surface area contributed by atoms with E-state index in [-0.39, 0.29) is 0 Å². The van der Waals surface area contributed by atoms with Gasteiger partial charge in [0.1, 0.15) is 11.6 Å². The first kappa shape index (κ1) is 15.9. The molecule has 0 atom stereocenters. The molecule has 0 radical (unpaired) electrons. The molecule has 0 spiro atoms. The quantitative estimate of drug-likeness (QED) is 0.764. The molecule has 2 N–H and O–H groups in total. The van der Waals surface area contributed by atoms with Gasteiger partial charge >= 0.3 is 0 Å². The summed E-state index contributed by atoms with van der Waals surface area (Å²) >= 11 is 0. The first-order valence-electron chi connectivity index (χ1n) is 7.31. The van der Waals surface area contributed by atoms with E-state index in [0.717, 1.165) is 36.1 Å². The lowest BCUT2D eigenvalue weighted by atomic mass is 10.3. The maximum atomic E-state index is 4.37. The zero-order valence-corrected chi connectivity index (χ0v) is 13.7. The summed E-state index contributed by atoms with van der Waals surface area (Å²) < 4.78 is 0. The lowest BCUT2D eigenvalue weighted by molar-refractivity contribution is 1.04. The molecule has 0 amide bonds. The summed E-state index contributed by atoms with van der Waals surface area (Å²) in [5.41, 5.74) is 2.18. The third-order valence-corrected chi connectivity index (χ3v) is 3.27. The molecule has 6 nitrogen and oxygen atoms in total. The molecule has 0 saturated carbocycles. The molecule has 0 aromatic carbocycles. The maximum Gasteiger partial charge on any atom is 0.126 e. The molecule has 0 unspecified atom stereocenters. The van der Waals surface area contributed by atoms with E-state index in [1.807, 2.05) is 74.6 Å². The number of nitrogens with zero attached hydrogens (tertiary/aromatic N) is 4. The van der Waals surface area contributed by atoms with E-state index >= 15 is 0 Å². The number of pyridine rings is 2. The molecule has 0 aliphatic heterocycles. The van der Waals surface area contributed by atoms with Gasteiger partial charge in [-0.05, 0) is 24.3 Å². The highest BCUT2D eigenvalue weighted by atomic mass is 15.1. The van der Waals surface area contributed by atoms with Crippen LogP contribution in [-0.4, -0.2) is 51.2 Å². The predicted molar refractivity (Wildman–Crippen MR) is 94.1 cm³/mol. The van der Waals surface area contributed by atoms with Gasteiger partial charge in [-0.15, -0.1) is 0 Å². The third kappa shape index (κ3) is 4.51. The normalized spacial score (nSPS) is 10.2. The van der Waals surface area contributed by atoms with E-state index in [4.69, 9.17) is 0 Å². The molecule has 2 aromatic rings. The third-order valence-electron chi connectivity index (χ3n) is 3.27. The van der Waals surface area contributed by atoms with E-state index in [1.165, 1.54) is 0 Å². The Bertz CT molecular complexity index is 509. The van der Waals surface area contributed by atoms with E-state index in [2.05, 4.69) is 20.6 Å². The molecule has 2 aromatic heterocycles. The van der Waals surface area contributed by atoms with Crippen LogP contribution in [0.5, 0.6) is 0 Å². The molecular weight excluding hydrogens is 276 g/mol. The average Bonchev–Trinajstić information content (AvgIpc) is 2.52. The highest BCUT2D eigenvalue weighted by Crippen LogP contribution is 2.13. The van der Waals surface area contributed by atoms with Crippen molar-refractivity contribution in [2.45, 2.75) is 0 Å². The number of anilines is 4. The summed E-state index contributed by atoms with van der Waals surface area (Å²) in [6.45, 7) is 1.57. The number of hydrogen-bond acceptors (Lipinski definition) is 6. The molecule has 0 aliphatic rings. The van der Waals surface area contributed by atoms with Crippen molar-refractivity contribution in [3.8, 4) is 0 Å². The fourth-order valence-electron chi connectivity index (χ4n) is 1.89. The summed E-state index contributed by atoms with van der Waals surface area (Å²) in [5.74, 6) is 1.76. The Morgan fingerprint density at radius 3 is 1.41 bits per heavy atom. The van der Waals surface area contributed by atoms with Crippen LogP contribution in [0.15, 0.2) is 36.7 Å². The minimum atomic E-state index is 0.783. The van der Waals surface area contributed by atoms with Gasteiger partial charge < -0.3 is 20.4 Å². The van der Waals surface area contributed by atoms with Gasteiger partial charge in [0, 0.05) is 41.3 Å². The highest BCUT2D eigenvalue weighted by molar-refractivity contribution is 5.49. The summed E-state index contributed by atoms with van der Waals surface area (Å²) in [7, 11) is 8.01. The van der Waals surface area contributed by atoms with Crippen LogP contribution in [0.2, 0.25) is 0 Å². The Kier molecular flexibility index (Phi) is 5.41. The summed E-state index contributed by atoms with van der Waals surface area (Å²) in [4.78, 5) is 12.8. The van der Waals surface area contributed by atoms with Crippen LogP contribution in [0.1, 0.15) is 0 Å². The van der Waals surface area contributed by atoms with Gasteiger partial charge in [0.2, 0.25) is 0 Å².